The Balaban J connectivity index is 2.33. The Labute approximate surface area is 122 Å². The maximum atomic E-state index is 12.9. The van der Waals surface area contributed by atoms with E-state index in [1.54, 1.807) is 18.2 Å². The molecule has 2 aromatic rings. The van der Waals surface area contributed by atoms with Crippen LogP contribution in [-0.2, 0) is 0 Å². The minimum Gasteiger partial charge on any atom is -0.507 e. The zero-order chi connectivity index (χ0) is 14.7. The van der Waals surface area contributed by atoms with E-state index in [0.29, 0.717) is 10.2 Å². The second kappa shape index (κ2) is 5.72. The highest BCUT2D eigenvalue weighted by molar-refractivity contribution is 9.10. The lowest BCUT2D eigenvalue weighted by Gasteiger charge is -2.08. The van der Waals surface area contributed by atoms with Gasteiger partial charge in [0.15, 0.2) is 0 Å². The second-order valence-electron chi connectivity index (χ2n) is 3.92. The van der Waals surface area contributed by atoms with Gasteiger partial charge in [-0.2, -0.15) is 5.26 Å². The van der Waals surface area contributed by atoms with Gasteiger partial charge >= 0.3 is 0 Å². The third kappa shape index (κ3) is 2.95. The first-order valence-electron chi connectivity index (χ1n) is 5.51. The first-order valence-corrected chi connectivity index (χ1v) is 6.30. The van der Waals surface area contributed by atoms with Gasteiger partial charge in [-0.1, -0.05) is 15.9 Å². The van der Waals surface area contributed by atoms with Crippen molar-refractivity contribution in [1.82, 2.24) is 0 Å². The summed E-state index contributed by atoms with van der Waals surface area (Å²) in [6.07, 6.45) is 0. The molecule has 4 nitrogen and oxygen atoms in total. The van der Waals surface area contributed by atoms with Crippen LogP contribution in [0.4, 0.5) is 10.1 Å². The molecule has 0 bridgehead atoms. The molecule has 20 heavy (non-hydrogen) atoms. The van der Waals surface area contributed by atoms with Crippen LogP contribution in [0.1, 0.15) is 15.9 Å². The molecule has 0 aromatic heterocycles. The SMILES string of the molecule is N#Cc1ccc(Br)cc1NC(=O)c1ccc(F)cc1O. The van der Waals surface area contributed by atoms with Gasteiger partial charge in [-0.25, -0.2) is 4.39 Å². The Morgan fingerprint density at radius 3 is 2.70 bits per heavy atom. The highest BCUT2D eigenvalue weighted by Gasteiger charge is 2.14. The summed E-state index contributed by atoms with van der Waals surface area (Å²) >= 11 is 3.24. The number of anilines is 1. The number of halogens is 2. The molecule has 0 heterocycles. The number of hydrogen-bond donors (Lipinski definition) is 2. The summed E-state index contributed by atoms with van der Waals surface area (Å²) in [7, 11) is 0. The molecule has 2 N–H and O–H groups in total. The number of phenols is 1. The molecular weight excluding hydrogens is 327 g/mol. The van der Waals surface area contributed by atoms with Gasteiger partial charge in [-0.15, -0.1) is 0 Å². The number of nitrogens with one attached hydrogen (secondary N) is 1. The van der Waals surface area contributed by atoms with Crippen molar-refractivity contribution in [1.29, 1.82) is 5.26 Å². The standard InChI is InChI=1S/C14H8BrFN2O2/c15-9-2-1-8(7-17)12(5-9)18-14(20)11-4-3-10(16)6-13(11)19/h1-6,19H,(H,18,20). The average molecular weight is 335 g/mol. The van der Waals surface area contributed by atoms with Gasteiger partial charge in [0.25, 0.3) is 5.91 Å². The topological polar surface area (TPSA) is 73.1 Å². The molecule has 0 saturated heterocycles. The molecule has 0 aliphatic heterocycles. The molecule has 0 aliphatic carbocycles. The predicted octanol–water partition coefficient (Wildman–Crippen LogP) is 3.42. The molecule has 0 aliphatic rings. The zero-order valence-corrected chi connectivity index (χ0v) is 11.6. The fourth-order valence-electron chi connectivity index (χ4n) is 1.60. The van der Waals surface area contributed by atoms with E-state index in [9.17, 15) is 14.3 Å². The Bertz CT molecular complexity index is 726. The van der Waals surface area contributed by atoms with Gasteiger partial charge in [-0.05, 0) is 30.3 Å². The summed E-state index contributed by atoms with van der Waals surface area (Å²) < 4.78 is 13.6. The summed E-state index contributed by atoms with van der Waals surface area (Å²) in [5, 5.41) is 21.0. The van der Waals surface area contributed by atoms with E-state index >= 15 is 0 Å². The van der Waals surface area contributed by atoms with E-state index in [1.165, 1.54) is 6.07 Å². The molecule has 0 unspecified atom stereocenters. The molecule has 2 aromatic carbocycles. The monoisotopic (exact) mass is 334 g/mol. The van der Waals surface area contributed by atoms with Crippen molar-refractivity contribution in [3.8, 4) is 11.8 Å². The van der Waals surface area contributed by atoms with E-state index in [4.69, 9.17) is 5.26 Å². The second-order valence-corrected chi connectivity index (χ2v) is 4.83. The number of nitrogens with zero attached hydrogens (tertiary/aromatic N) is 1. The maximum absolute atomic E-state index is 12.9. The molecule has 6 heteroatoms. The highest BCUT2D eigenvalue weighted by atomic mass is 79.9. The average Bonchev–Trinajstić information content (AvgIpc) is 2.38. The Morgan fingerprint density at radius 1 is 1.30 bits per heavy atom. The number of amides is 1. The van der Waals surface area contributed by atoms with Crippen LogP contribution in [0.3, 0.4) is 0 Å². The van der Waals surface area contributed by atoms with E-state index in [2.05, 4.69) is 21.2 Å². The van der Waals surface area contributed by atoms with Crippen molar-refractivity contribution >= 4 is 27.5 Å². The Morgan fingerprint density at radius 2 is 2.05 bits per heavy atom. The van der Waals surface area contributed by atoms with Gasteiger partial charge in [0, 0.05) is 10.5 Å². The Kier molecular flexibility index (Phi) is 4.01. The van der Waals surface area contributed by atoms with Gasteiger partial charge in [0.2, 0.25) is 0 Å². The number of aromatic hydroxyl groups is 1. The molecule has 0 radical (unpaired) electrons. The van der Waals surface area contributed by atoms with Gasteiger partial charge < -0.3 is 10.4 Å². The number of carbonyl (C=O) groups is 1. The molecule has 100 valence electrons. The van der Waals surface area contributed by atoms with Crippen molar-refractivity contribution in [2.24, 2.45) is 0 Å². The van der Waals surface area contributed by atoms with E-state index in [0.717, 1.165) is 12.1 Å². The number of phenolic OH excluding ortho intramolecular Hbond substituents is 1. The van der Waals surface area contributed by atoms with Crippen molar-refractivity contribution in [3.05, 3.63) is 57.8 Å². The lowest BCUT2D eigenvalue weighted by molar-refractivity contribution is 0.102. The molecule has 0 spiro atoms. The van der Waals surface area contributed by atoms with Gasteiger partial charge in [0.1, 0.15) is 17.6 Å². The Hall–Kier alpha value is -2.39. The zero-order valence-electron chi connectivity index (χ0n) is 10.0. The molecular formula is C14H8BrFN2O2. The third-order valence-electron chi connectivity index (χ3n) is 2.55. The first-order chi connectivity index (χ1) is 9.51. The van der Waals surface area contributed by atoms with Crippen LogP contribution in [0.25, 0.3) is 0 Å². The molecule has 0 saturated carbocycles. The smallest absolute Gasteiger partial charge is 0.259 e. The predicted molar refractivity (Wildman–Crippen MR) is 74.9 cm³/mol. The van der Waals surface area contributed by atoms with Crippen molar-refractivity contribution < 1.29 is 14.3 Å². The van der Waals surface area contributed by atoms with Crippen LogP contribution >= 0.6 is 15.9 Å². The van der Waals surface area contributed by atoms with E-state index < -0.39 is 17.5 Å². The molecule has 0 atom stereocenters. The van der Waals surface area contributed by atoms with Gasteiger partial charge in [0.05, 0.1) is 16.8 Å². The fourth-order valence-corrected chi connectivity index (χ4v) is 1.96. The molecule has 1 amide bonds. The van der Waals surface area contributed by atoms with Crippen LogP contribution in [-0.4, -0.2) is 11.0 Å². The van der Waals surface area contributed by atoms with Gasteiger partial charge in [-0.3, -0.25) is 4.79 Å². The largest absolute Gasteiger partial charge is 0.507 e. The number of rotatable bonds is 2. The first kappa shape index (κ1) is 14.0. The quantitative estimate of drug-likeness (QED) is 0.883. The highest BCUT2D eigenvalue weighted by Crippen LogP contribution is 2.24. The lowest BCUT2D eigenvalue weighted by atomic mass is 10.1. The fraction of sp³-hybridized carbons (Fsp3) is 0. The van der Waals surface area contributed by atoms with Crippen molar-refractivity contribution in [3.63, 3.8) is 0 Å². The van der Waals surface area contributed by atoms with E-state index in [-0.39, 0.29) is 11.1 Å². The number of hydrogen-bond acceptors (Lipinski definition) is 3. The van der Waals surface area contributed by atoms with Crippen molar-refractivity contribution in [2.45, 2.75) is 0 Å². The molecule has 2 rings (SSSR count). The number of carbonyl (C=O) groups excluding carboxylic acids is 1. The van der Waals surface area contributed by atoms with Crippen LogP contribution in [0.5, 0.6) is 5.75 Å². The minimum atomic E-state index is -0.640. The van der Waals surface area contributed by atoms with Crippen LogP contribution < -0.4 is 5.32 Å². The summed E-state index contributed by atoms with van der Waals surface area (Å²) in [6, 6.07) is 9.82. The lowest BCUT2D eigenvalue weighted by Crippen LogP contribution is -2.13. The summed E-state index contributed by atoms with van der Waals surface area (Å²) in [4.78, 5) is 12.0. The maximum Gasteiger partial charge on any atom is 0.259 e. The normalized spacial score (nSPS) is 9.85. The summed E-state index contributed by atoms with van der Waals surface area (Å²) in [6.45, 7) is 0. The summed E-state index contributed by atoms with van der Waals surface area (Å²) in [5.41, 5.74) is 0.508. The van der Waals surface area contributed by atoms with E-state index in [1.807, 2.05) is 6.07 Å². The minimum absolute atomic E-state index is 0.0738. The van der Waals surface area contributed by atoms with Crippen LogP contribution in [0, 0.1) is 17.1 Å². The molecule has 0 fully saturated rings. The summed E-state index contributed by atoms with van der Waals surface area (Å²) in [5.74, 6) is -1.73. The van der Waals surface area contributed by atoms with Crippen molar-refractivity contribution in [2.75, 3.05) is 5.32 Å². The third-order valence-corrected chi connectivity index (χ3v) is 3.05. The number of nitriles is 1. The van der Waals surface area contributed by atoms with Crippen LogP contribution in [0.15, 0.2) is 40.9 Å². The van der Waals surface area contributed by atoms with Crippen LogP contribution in [0.2, 0.25) is 0 Å². The number of benzene rings is 2.